The molecule has 0 aliphatic heterocycles. The van der Waals surface area contributed by atoms with Gasteiger partial charge in [0.15, 0.2) is 9.84 Å². The zero-order chi connectivity index (χ0) is 11.6. The van der Waals surface area contributed by atoms with Gasteiger partial charge in [-0.05, 0) is 12.8 Å². The number of sulfone groups is 1. The number of nitrogens with two attached hydrogens (primary N) is 1. The van der Waals surface area contributed by atoms with Gasteiger partial charge in [-0.3, -0.25) is 0 Å². The first kappa shape index (κ1) is 12.0. The van der Waals surface area contributed by atoms with Gasteiger partial charge in [-0.15, -0.1) is 11.3 Å². The van der Waals surface area contributed by atoms with Gasteiger partial charge in [-0.2, -0.15) is 0 Å². The quantitative estimate of drug-likeness (QED) is 0.898. The molecule has 4 nitrogen and oxygen atoms in total. The molecule has 2 N–H and O–H groups in total. The third-order valence-corrected chi connectivity index (χ3v) is 6.75. The van der Waals surface area contributed by atoms with Crippen molar-refractivity contribution >= 4 is 21.2 Å². The lowest BCUT2D eigenvalue weighted by Gasteiger charge is -2.20. The van der Waals surface area contributed by atoms with Crippen LogP contribution in [0.3, 0.4) is 0 Å². The fraction of sp³-hybridized carbons (Fsp3) is 0.700. The highest BCUT2D eigenvalue weighted by molar-refractivity contribution is 7.94. The molecule has 6 heteroatoms. The molecule has 0 aromatic carbocycles. The molecule has 0 saturated heterocycles. The number of hydrogen-bond acceptors (Lipinski definition) is 5. The molecular formula is C10H16N2O2S2. The van der Waals surface area contributed by atoms with Gasteiger partial charge in [0.05, 0.1) is 11.4 Å². The van der Waals surface area contributed by atoms with Crippen LogP contribution in [0.5, 0.6) is 0 Å². The number of rotatable bonds is 3. The van der Waals surface area contributed by atoms with E-state index < -0.39 is 9.84 Å². The Hall–Kier alpha value is -0.460. The van der Waals surface area contributed by atoms with Crippen molar-refractivity contribution < 1.29 is 8.42 Å². The highest BCUT2D eigenvalue weighted by Gasteiger charge is 2.30. The minimum absolute atomic E-state index is 0.202. The molecule has 1 aliphatic carbocycles. The van der Waals surface area contributed by atoms with Gasteiger partial charge in [0.2, 0.25) is 0 Å². The van der Waals surface area contributed by atoms with E-state index in [1.54, 1.807) is 0 Å². The van der Waals surface area contributed by atoms with Crippen LogP contribution in [-0.2, 0) is 16.4 Å². The highest BCUT2D eigenvalue weighted by Crippen LogP contribution is 2.31. The number of aromatic nitrogens is 1. The van der Waals surface area contributed by atoms with E-state index in [0.717, 1.165) is 32.1 Å². The lowest BCUT2D eigenvalue weighted by Crippen LogP contribution is -2.23. The minimum atomic E-state index is -3.15. The van der Waals surface area contributed by atoms with E-state index in [4.69, 9.17) is 5.73 Å². The third kappa shape index (κ3) is 2.28. The zero-order valence-corrected chi connectivity index (χ0v) is 10.7. The summed E-state index contributed by atoms with van der Waals surface area (Å²) >= 11 is 1.21. The van der Waals surface area contributed by atoms with Gasteiger partial charge in [-0.1, -0.05) is 19.3 Å². The van der Waals surface area contributed by atoms with Crippen LogP contribution < -0.4 is 5.73 Å². The monoisotopic (exact) mass is 260 g/mol. The second-order valence-electron chi connectivity index (χ2n) is 4.08. The van der Waals surface area contributed by atoms with Gasteiger partial charge in [-0.25, -0.2) is 13.4 Å². The van der Waals surface area contributed by atoms with Crippen molar-refractivity contribution in [1.29, 1.82) is 0 Å². The predicted molar refractivity (Wildman–Crippen MR) is 64.1 cm³/mol. The first-order valence-electron chi connectivity index (χ1n) is 5.53. The van der Waals surface area contributed by atoms with Crippen molar-refractivity contribution in [3.8, 4) is 0 Å². The van der Waals surface area contributed by atoms with Crippen LogP contribution in [0.4, 0.5) is 0 Å². The van der Waals surface area contributed by atoms with Crippen molar-refractivity contribution in [3.63, 3.8) is 0 Å². The fourth-order valence-electron chi connectivity index (χ4n) is 2.06. The molecule has 1 aromatic heterocycles. The summed E-state index contributed by atoms with van der Waals surface area (Å²) in [7, 11) is -3.15. The topological polar surface area (TPSA) is 73.0 Å². The Balaban J connectivity index is 2.23. The van der Waals surface area contributed by atoms with Crippen molar-refractivity contribution in [1.82, 2.24) is 4.98 Å². The molecule has 1 aliphatic rings. The largest absolute Gasteiger partial charge is 0.325 e. The predicted octanol–water partition coefficient (Wildman–Crippen LogP) is 1.71. The summed E-state index contributed by atoms with van der Waals surface area (Å²) in [5.41, 5.74) is 5.44. The Labute approximate surface area is 99.8 Å². The molecule has 0 amide bonds. The second-order valence-corrected chi connectivity index (χ2v) is 7.65. The van der Waals surface area contributed by atoms with Gasteiger partial charge in [0.25, 0.3) is 0 Å². The summed E-state index contributed by atoms with van der Waals surface area (Å²) in [6.45, 7) is 0.310. The van der Waals surface area contributed by atoms with Crippen LogP contribution in [0.15, 0.2) is 10.4 Å². The van der Waals surface area contributed by atoms with Crippen LogP contribution in [0.1, 0.15) is 37.1 Å². The number of thiazole rings is 1. The summed E-state index contributed by atoms with van der Waals surface area (Å²) in [5.74, 6) is 0. The Kier molecular flexibility index (Phi) is 3.61. The summed E-state index contributed by atoms with van der Waals surface area (Å²) in [5, 5.41) is 0.488. The van der Waals surface area contributed by atoms with E-state index >= 15 is 0 Å². The van der Waals surface area contributed by atoms with E-state index in [1.807, 2.05) is 0 Å². The van der Waals surface area contributed by atoms with Gasteiger partial charge < -0.3 is 5.73 Å². The molecule has 1 heterocycles. The standard InChI is InChI=1S/C10H16N2O2S2/c11-6-9-12-7-10(15-9)16(13,14)8-4-2-1-3-5-8/h7-8H,1-6,11H2. The maximum atomic E-state index is 12.2. The molecule has 0 atom stereocenters. The van der Waals surface area contributed by atoms with Crippen molar-refractivity contribution in [2.75, 3.05) is 0 Å². The molecule has 1 fully saturated rings. The van der Waals surface area contributed by atoms with Crippen molar-refractivity contribution in [2.45, 2.75) is 48.1 Å². The minimum Gasteiger partial charge on any atom is -0.325 e. The van der Waals surface area contributed by atoms with E-state index in [0.29, 0.717) is 15.8 Å². The maximum Gasteiger partial charge on any atom is 0.192 e. The van der Waals surface area contributed by atoms with E-state index in [9.17, 15) is 8.42 Å². The second kappa shape index (κ2) is 4.81. The van der Waals surface area contributed by atoms with Crippen molar-refractivity contribution in [3.05, 3.63) is 11.2 Å². The molecule has 2 rings (SSSR count). The lowest BCUT2D eigenvalue weighted by molar-refractivity contribution is 0.484. The molecular weight excluding hydrogens is 244 g/mol. The van der Waals surface area contributed by atoms with Crippen LogP contribution in [-0.4, -0.2) is 18.7 Å². The van der Waals surface area contributed by atoms with Gasteiger partial charge >= 0.3 is 0 Å². The average Bonchev–Trinajstić information content (AvgIpc) is 2.79. The summed E-state index contributed by atoms with van der Waals surface area (Å²) in [6.07, 6.45) is 6.23. The summed E-state index contributed by atoms with van der Waals surface area (Å²) in [6, 6.07) is 0. The van der Waals surface area contributed by atoms with Crippen LogP contribution in [0.25, 0.3) is 0 Å². The first-order chi connectivity index (χ1) is 7.64. The molecule has 0 radical (unpaired) electrons. The number of nitrogens with zero attached hydrogens (tertiary/aromatic N) is 1. The molecule has 90 valence electrons. The molecule has 1 saturated carbocycles. The van der Waals surface area contributed by atoms with Crippen LogP contribution in [0, 0.1) is 0 Å². The molecule has 0 unspecified atom stereocenters. The van der Waals surface area contributed by atoms with E-state index in [-0.39, 0.29) is 5.25 Å². The Bertz CT molecular complexity index is 447. The van der Waals surface area contributed by atoms with Crippen LogP contribution >= 0.6 is 11.3 Å². The molecule has 0 spiro atoms. The SMILES string of the molecule is NCc1ncc(S(=O)(=O)C2CCCCC2)s1. The van der Waals surface area contributed by atoms with E-state index in [1.165, 1.54) is 17.5 Å². The average molecular weight is 260 g/mol. The third-order valence-electron chi connectivity index (χ3n) is 2.98. The normalized spacial score (nSPS) is 18.8. The van der Waals surface area contributed by atoms with Crippen LogP contribution in [0.2, 0.25) is 0 Å². The Morgan fingerprint density at radius 1 is 1.38 bits per heavy atom. The number of hydrogen-bond donors (Lipinski definition) is 1. The van der Waals surface area contributed by atoms with Crippen molar-refractivity contribution in [2.24, 2.45) is 5.73 Å². The zero-order valence-electron chi connectivity index (χ0n) is 9.05. The molecule has 1 aromatic rings. The maximum absolute atomic E-state index is 12.2. The lowest BCUT2D eigenvalue weighted by atomic mass is 10.0. The van der Waals surface area contributed by atoms with E-state index in [2.05, 4.69) is 4.98 Å². The summed E-state index contributed by atoms with van der Waals surface area (Å²) < 4.78 is 24.9. The molecule has 16 heavy (non-hydrogen) atoms. The fourth-order valence-corrected chi connectivity index (χ4v) is 5.23. The molecule has 0 bridgehead atoms. The smallest absolute Gasteiger partial charge is 0.192 e. The first-order valence-corrected chi connectivity index (χ1v) is 7.89. The Morgan fingerprint density at radius 2 is 2.06 bits per heavy atom. The Morgan fingerprint density at radius 3 is 2.62 bits per heavy atom. The van der Waals surface area contributed by atoms with Gasteiger partial charge in [0, 0.05) is 6.54 Å². The summed E-state index contributed by atoms with van der Waals surface area (Å²) in [4.78, 5) is 4.01. The van der Waals surface area contributed by atoms with Gasteiger partial charge in [0.1, 0.15) is 9.22 Å². The highest BCUT2D eigenvalue weighted by atomic mass is 32.2.